The maximum atomic E-state index is 6.00. The van der Waals surface area contributed by atoms with E-state index in [1.54, 1.807) is 0 Å². The summed E-state index contributed by atoms with van der Waals surface area (Å²) in [5.41, 5.74) is 7.35. The highest BCUT2D eigenvalue weighted by Gasteiger charge is 2.34. The monoisotopic (exact) mass is 495 g/mol. The van der Waals surface area contributed by atoms with Gasteiger partial charge in [0.25, 0.3) is 0 Å². The molecule has 130 valence electrons. The van der Waals surface area contributed by atoms with Crippen molar-refractivity contribution in [1.82, 2.24) is 5.32 Å². The number of rotatable bonds is 5. The molecule has 0 aromatic heterocycles. The van der Waals surface area contributed by atoms with Gasteiger partial charge in [-0.25, -0.2) is 0 Å². The van der Waals surface area contributed by atoms with Gasteiger partial charge in [-0.1, -0.05) is 41.9 Å². The van der Waals surface area contributed by atoms with Gasteiger partial charge in [0, 0.05) is 29.6 Å². The Hall–Kier alpha value is -0.340. The number of guanidine groups is 1. The molecule has 1 fully saturated rings. The summed E-state index contributed by atoms with van der Waals surface area (Å²) in [5.74, 6) is 1.09. The quantitative estimate of drug-likeness (QED) is 0.372. The van der Waals surface area contributed by atoms with Crippen molar-refractivity contribution in [3.05, 3.63) is 34.3 Å². The van der Waals surface area contributed by atoms with Crippen LogP contribution in [0.15, 0.2) is 33.7 Å². The first-order chi connectivity index (χ1) is 10.5. The van der Waals surface area contributed by atoms with Crippen LogP contribution in [-0.4, -0.2) is 32.3 Å². The molecule has 1 aromatic rings. The molecule has 1 aliphatic rings. The van der Waals surface area contributed by atoms with Crippen LogP contribution >= 0.6 is 39.9 Å². The van der Waals surface area contributed by atoms with Crippen LogP contribution in [0.1, 0.15) is 32.3 Å². The van der Waals surface area contributed by atoms with E-state index in [9.17, 15) is 0 Å². The Morgan fingerprint density at radius 1 is 1.30 bits per heavy atom. The molecule has 0 saturated carbocycles. The fourth-order valence-electron chi connectivity index (χ4n) is 2.70. The summed E-state index contributed by atoms with van der Waals surface area (Å²) >= 11 is 3.50. The predicted octanol–water partition coefficient (Wildman–Crippen LogP) is 3.68. The summed E-state index contributed by atoms with van der Waals surface area (Å²) in [4.78, 5) is 4.61. The zero-order chi connectivity index (χ0) is 16.0. The number of aliphatic imine (C=N–C) groups is 1. The van der Waals surface area contributed by atoms with Crippen molar-refractivity contribution < 1.29 is 4.74 Å². The first-order valence-electron chi connectivity index (χ1n) is 7.89. The molecular formula is C17H27BrIN3O. The molecule has 0 spiro atoms. The summed E-state index contributed by atoms with van der Waals surface area (Å²) in [6, 6.07) is 8.55. The third kappa shape index (κ3) is 6.23. The van der Waals surface area contributed by atoms with E-state index in [2.05, 4.69) is 64.4 Å². The van der Waals surface area contributed by atoms with Crippen molar-refractivity contribution in [3.8, 4) is 0 Å². The fourth-order valence-corrected chi connectivity index (χ4v) is 2.97. The van der Waals surface area contributed by atoms with E-state index in [0.717, 1.165) is 37.1 Å². The van der Waals surface area contributed by atoms with Gasteiger partial charge < -0.3 is 15.8 Å². The molecule has 4 nitrogen and oxygen atoms in total. The molecule has 3 N–H and O–H groups in total. The zero-order valence-corrected chi connectivity index (χ0v) is 17.8. The highest BCUT2D eigenvalue weighted by atomic mass is 127. The lowest BCUT2D eigenvalue weighted by Crippen LogP contribution is -2.40. The maximum absolute atomic E-state index is 6.00. The van der Waals surface area contributed by atoms with Gasteiger partial charge in [-0.2, -0.15) is 0 Å². The Balaban J connectivity index is 0.00000264. The van der Waals surface area contributed by atoms with E-state index in [1.165, 1.54) is 5.56 Å². The Bertz CT molecular complexity index is 499. The molecule has 0 amide bonds. The molecule has 0 unspecified atom stereocenters. The Kier molecular flexibility index (Phi) is 8.85. The Morgan fingerprint density at radius 2 is 1.91 bits per heavy atom. The number of ether oxygens (including phenoxy) is 1. The topological polar surface area (TPSA) is 59.6 Å². The van der Waals surface area contributed by atoms with E-state index >= 15 is 0 Å². The molecule has 0 atom stereocenters. The molecule has 0 bridgehead atoms. The standard InChI is InChI=1S/C17H26BrN3O.HI/c1-13(2)11-20-16(19)21-12-17(7-9-22-10-8-17)14-3-5-15(18)6-4-14;/h3-6,13H,7-12H2,1-2H3,(H3,19,20,21);1H. The largest absolute Gasteiger partial charge is 0.381 e. The number of hydrogen-bond donors (Lipinski definition) is 2. The maximum Gasteiger partial charge on any atom is 0.188 e. The van der Waals surface area contributed by atoms with E-state index in [0.29, 0.717) is 18.4 Å². The molecule has 1 saturated heterocycles. The van der Waals surface area contributed by atoms with Crippen molar-refractivity contribution in [1.29, 1.82) is 0 Å². The van der Waals surface area contributed by atoms with Crippen LogP contribution in [0.25, 0.3) is 0 Å². The summed E-state index contributed by atoms with van der Waals surface area (Å²) < 4.78 is 6.65. The second-order valence-electron chi connectivity index (χ2n) is 6.38. The molecule has 23 heavy (non-hydrogen) atoms. The van der Waals surface area contributed by atoms with Crippen molar-refractivity contribution in [2.24, 2.45) is 16.6 Å². The van der Waals surface area contributed by atoms with E-state index < -0.39 is 0 Å². The molecule has 1 aliphatic heterocycles. The lowest BCUT2D eigenvalue weighted by atomic mass is 9.74. The van der Waals surface area contributed by atoms with Gasteiger partial charge in [-0.3, -0.25) is 4.99 Å². The Labute approximate surface area is 164 Å². The molecule has 1 heterocycles. The second-order valence-corrected chi connectivity index (χ2v) is 7.29. The highest BCUT2D eigenvalue weighted by Crippen LogP contribution is 2.35. The second kappa shape index (κ2) is 9.84. The molecule has 0 aliphatic carbocycles. The van der Waals surface area contributed by atoms with Crippen molar-refractivity contribution in [3.63, 3.8) is 0 Å². The summed E-state index contributed by atoms with van der Waals surface area (Å²) in [5, 5.41) is 3.19. The van der Waals surface area contributed by atoms with Gasteiger partial charge >= 0.3 is 0 Å². The lowest BCUT2D eigenvalue weighted by Gasteiger charge is -2.36. The average molecular weight is 496 g/mol. The minimum Gasteiger partial charge on any atom is -0.381 e. The number of nitrogens with zero attached hydrogens (tertiary/aromatic N) is 1. The minimum atomic E-state index is 0. The van der Waals surface area contributed by atoms with Gasteiger partial charge in [0.05, 0.1) is 6.54 Å². The highest BCUT2D eigenvalue weighted by molar-refractivity contribution is 14.0. The molecule has 2 rings (SSSR count). The van der Waals surface area contributed by atoms with Crippen LogP contribution in [0.3, 0.4) is 0 Å². The van der Waals surface area contributed by atoms with Gasteiger partial charge in [-0.05, 0) is 36.5 Å². The van der Waals surface area contributed by atoms with Crippen LogP contribution in [0, 0.1) is 5.92 Å². The number of hydrogen-bond acceptors (Lipinski definition) is 2. The first-order valence-corrected chi connectivity index (χ1v) is 8.69. The first kappa shape index (κ1) is 20.7. The zero-order valence-electron chi connectivity index (χ0n) is 13.8. The number of nitrogens with two attached hydrogens (primary N) is 1. The van der Waals surface area contributed by atoms with Crippen molar-refractivity contribution in [2.45, 2.75) is 32.1 Å². The third-order valence-electron chi connectivity index (χ3n) is 4.15. The average Bonchev–Trinajstić information content (AvgIpc) is 2.52. The van der Waals surface area contributed by atoms with Gasteiger partial charge in [-0.15, -0.1) is 24.0 Å². The summed E-state index contributed by atoms with van der Waals surface area (Å²) in [6.45, 7) is 7.43. The SMILES string of the molecule is CC(C)CNC(N)=NCC1(c2ccc(Br)cc2)CCOCC1.I. The Morgan fingerprint density at radius 3 is 2.48 bits per heavy atom. The van der Waals surface area contributed by atoms with Gasteiger partial charge in [0.2, 0.25) is 0 Å². The fraction of sp³-hybridized carbons (Fsp3) is 0.588. The van der Waals surface area contributed by atoms with Crippen LogP contribution < -0.4 is 11.1 Å². The van der Waals surface area contributed by atoms with Gasteiger partial charge in [0.1, 0.15) is 0 Å². The normalized spacial score (nSPS) is 17.7. The molecular weight excluding hydrogens is 469 g/mol. The van der Waals surface area contributed by atoms with Gasteiger partial charge in [0.15, 0.2) is 5.96 Å². The minimum absolute atomic E-state index is 0. The van der Waals surface area contributed by atoms with Crippen LogP contribution in [0.5, 0.6) is 0 Å². The van der Waals surface area contributed by atoms with Crippen LogP contribution in [0.2, 0.25) is 0 Å². The summed E-state index contributed by atoms with van der Waals surface area (Å²) in [7, 11) is 0. The number of halogens is 2. The molecule has 1 aromatic carbocycles. The third-order valence-corrected chi connectivity index (χ3v) is 4.68. The lowest BCUT2D eigenvalue weighted by molar-refractivity contribution is 0.0531. The van der Waals surface area contributed by atoms with E-state index in [4.69, 9.17) is 10.5 Å². The van der Waals surface area contributed by atoms with Crippen LogP contribution in [0.4, 0.5) is 0 Å². The van der Waals surface area contributed by atoms with E-state index in [1.807, 2.05) is 0 Å². The number of nitrogens with one attached hydrogen (secondary N) is 1. The smallest absolute Gasteiger partial charge is 0.188 e. The number of benzene rings is 1. The van der Waals surface area contributed by atoms with Crippen LogP contribution in [-0.2, 0) is 10.2 Å². The summed E-state index contributed by atoms with van der Waals surface area (Å²) in [6.07, 6.45) is 1.96. The van der Waals surface area contributed by atoms with Crippen molar-refractivity contribution in [2.75, 3.05) is 26.3 Å². The molecule has 6 heteroatoms. The molecule has 0 radical (unpaired) electrons. The van der Waals surface area contributed by atoms with Crippen molar-refractivity contribution >= 4 is 45.9 Å². The van der Waals surface area contributed by atoms with E-state index in [-0.39, 0.29) is 29.4 Å². The predicted molar refractivity (Wildman–Crippen MR) is 111 cm³/mol.